The minimum atomic E-state index is -0.966. The summed E-state index contributed by atoms with van der Waals surface area (Å²) in [6.45, 7) is 3.57. The van der Waals surface area contributed by atoms with E-state index >= 15 is 0 Å². The summed E-state index contributed by atoms with van der Waals surface area (Å²) in [5.74, 6) is -1.04. The molecule has 1 amide bonds. The lowest BCUT2D eigenvalue weighted by atomic mass is 9.85. The predicted molar refractivity (Wildman–Crippen MR) is 145 cm³/mol. The van der Waals surface area contributed by atoms with Gasteiger partial charge in [-0.05, 0) is 86.2 Å². The van der Waals surface area contributed by atoms with Crippen molar-refractivity contribution in [2.75, 3.05) is 31.2 Å². The number of aromatic carboxylic acids is 1. The van der Waals surface area contributed by atoms with E-state index in [0.717, 1.165) is 68.6 Å². The Kier molecular flexibility index (Phi) is 7.74. The molecule has 6 nitrogen and oxygen atoms in total. The minimum Gasteiger partial charge on any atom is -0.478 e. The van der Waals surface area contributed by atoms with Crippen molar-refractivity contribution in [3.05, 3.63) is 101 Å². The van der Waals surface area contributed by atoms with Crippen LogP contribution in [0.15, 0.2) is 78.9 Å². The lowest BCUT2D eigenvalue weighted by Crippen LogP contribution is -2.56. The summed E-state index contributed by atoms with van der Waals surface area (Å²) in [6.07, 6.45) is 4.56. The van der Waals surface area contributed by atoms with E-state index in [4.69, 9.17) is 0 Å². The molecule has 1 N–H and O–H groups in total. The van der Waals surface area contributed by atoms with Crippen molar-refractivity contribution >= 4 is 17.6 Å². The number of carboxylic acid groups (broad SMARTS) is 1. The van der Waals surface area contributed by atoms with Gasteiger partial charge in [-0.25, -0.2) is 9.18 Å². The number of anilines is 1. The average molecular weight is 516 g/mol. The Morgan fingerprint density at radius 2 is 1.63 bits per heavy atom. The largest absolute Gasteiger partial charge is 0.478 e. The molecule has 0 saturated carbocycles. The van der Waals surface area contributed by atoms with Gasteiger partial charge in [0.05, 0.1) is 12.2 Å². The lowest BCUT2D eigenvalue weighted by Gasteiger charge is -2.43. The maximum absolute atomic E-state index is 14.0. The third-order valence-corrected chi connectivity index (χ3v) is 7.92. The molecule has 2 aliphatic rings. The van der Waals surface area contributed by atoms with Crippen LogP contribution >= 0.6 is 0 Å². The number of hydrogen-bond donors (Lipinski definition) is 1. The van der Waals surface area contributed by atoms with Crippen LogP contribution in [-0.4, -0.2) is 58.6 Å². The fourth-order valence-corrected chi connectivity index (χ4v) is 5.81. The maximum atomic E-state index is 14.0. The number of unbranched alkanes of at least 4 members (excludes halogenated alkanes) is 1. The Labute approximate surface area is 223 Å². The zero-order valence-electron chi connectivity index (χ0n) is 21.6. The molecular weight excluding hydrogens is 481 g/mol. The summed E-state index contributed by atoms with van der Waals surface area (Å²) < 4.78 is 13.1. The van der Waals surface area contributed by atoms with E-state index in [1.807, 2.05) is 41.3 Å². The molecule has 7 heteroatoms. The number of amides is 1. The molecule has 198 valence electrons. The monoisotopic (exact) mass is 515 g/mol. The molecule has 0 radical (unpaired) electrons. The van der Waals surface area contributed by atoms with Gasteiger partial charge in [0.1, 0.15) is 11.4 Å². The number of para-hydroxylation sites is 1. The van der Waals surface area contributed by atoms with E-state index in [-0.39, 0.29) is 17.3 Å². The smallest absolute Gasteiger partial charge is 0.335 e. The maximum Gasteiger partial charge on any atom is 0.335 e. The van der Waals surface area contributed by atoms with Gasteiger partial charge in [-0.1, -0.05) is 42.5 Å². The topological polar surface area (TPSA) is 64.1 Å². The fraction of sp³-hybridized carbons (Fsp3) is 0.355. The molecule has 2 fully saturated rings. The highest BCUT2D eigenvalue weighted by Crippen LogP contribution is 2.40. The molecule has 1 spiro atoms. The lowest BCUT2D eigenvalue weighted by molar-refractivity contribution is -0.134. The molecule has 0 atom stereocenters. The summed E-state index contributed by atoms with van der Waals surface area (Å²) in [5.41, 5.74) is 2.66. The first-order chi connectivity index (χ1) is 18.4. The Balaban J connectivity index is 1.24. The molecule has 5 rings (SSSR count). The van der Waals surface area contributed by atoms with Crippen molar-refractivity contribution < 1.29 is 19.1 Å². The van der Waals surface area contributed by atoms with Gasteiger partial charge in [0, 0.05) is 25.3 Å². The zero-order valence-corrected chi connectivity index (χ0v) is 21.6. The molecule has 3 aromatic carbocycles. The van der Waals surface area contributed by atoms with Gasteiger partial charge in [-0.2, -0.15) is 0 Å². The van der Waals surface area contributed by atoms with Crippen LogP contribution < -0.4 is 4.90 Å². The summed E-state index contributed by atoms with van der Waals surface area (Å²) in [4.78, 5) is 32.0. The van der Waals surface area contributed by atoms with E-state index in [1.165, 1.54) is 12.1 Å². The van der Waals surface area contributed by atoms with E-state index in [2.05, 4.69) is 21.9 Å². The highest BCUT2D eigenvalue weighted by atomic mass is 19.1. The SMILES string of the molecule is O=C(O)c1cccc(CN2CN(c3ccccc3)C3(CCN(CCCCc4ccc(F)cc4)CC3)C2=O)c1. The van der Waals surface area contributed by atoms with Crippen LogP contribution in [-0.2, 0) is 17.8 Å². The third-order valence-electron chi connectivity index (χ3n) is 7.92. The van der Waals surface area contributed by atoms with Crippen LogP contribution in [0.1, 0.15) is 47.2 Å². The van der Waals surface area contributed by atoms with Gasteiger partial charge in [-0.15, -0.1) is 0 Å². The molecule has 2 saturated heterocycles. The summed E-state index contributed by atoms with van der Waals surface area (Å²) in [5, 5.41) is 9.37. The van der Waals surface area contributed by atoms with E-state index in [0.29, 0.717) is 13.2 Å². The number of piperidine rings is 1. The normalized spacial score (nSPS) is 17.3. The first-order valence-corrected chi connectivity index (χ1v) is 13.4. The molecule has 38 heavy (non-hydrogen) atoms. The van der Waals surface area contributed by atoms with Crippen LogP contribution in [0.5, 0.6) is 0 Å². The Morgan fingerprint density at radius 3 is 2.34 bits per heavy atom. The second-order valence-electron chi connectivity index (χ2n) is 10.4. The van der Waals surface area contributed by atoms with Crippen LogP contribution in [0.2, 0.25) is 0 Å². The molecule has 3 aromatic rings. The van der Waals surface area contributed by atoms with Gasteiger partial charge in [0.25, 0.3) is 0 Å². The number of nitrogens with zero attached hydrogens (tertiary/aromatic N) is 3. The van der Waals surface area contributed by atoms with Gasteiger partial charge in [0.2, 0.25) is 5.91 Å². The molecule has 0 aromatic heterocycles. The van der Waals surface area contributed by atoms with Crippen LogP contribution in [0, 0.1) is 5.82 Å². The van der Waals surface area contributed by atoms with Crippen molar-refractivity contribution in [3.8, 4) is 0 Å². The zero-order chi connectivity index (χ0) is 26.5. The molecule has 2 heterocycles. The number of halogens is 1. The number of hydrogen-bond acceptors (Lipinski definition) is 4. The highest BCUT2D eigenvalue weighted by molar-refractivity contribution is 5.93. The van der Waals surface area contributed by atoms with E-state index in [9.17, 15) is 19.1 Å². The van der Waals surface area contributed by atoms with Crippen molar-refractivity contribution in [3.63, 3.8) is 0 Å². The Hall–Kier alpha value is -3.71. The molecular formula is C31H34FN3O3. The summed E-state index contributed by atoms with van der Waals surface area (Å²) in [7, 11) is 0. The molecule has 0 bridgehead atoms. The average Bonchev–Trinajstić information content (AvgIpc) is 3.20. The second-order valence-corrected chi connectivity index (χ2v) is 10.4. The first kappa shape index (κ1) is 25.9. The number of likely N-dealkylation sites (tertiary alicyclic amines) is 1. The number of rotatable bonds is 9. The van der Waals surface area contributed by atoms with Crippen molar-refractivity contribution in [1.82, 2.24) is 9.80 Å². The first-order valence-electron chi connectivity index (χ1n) is 13.4. The van der Waals surface area contributed by atoms with Gasteiger partial charge >= 0.3 is 5.97 Å². The van der Waals surface area contributed by atoms with Gasteiger partial charge in [0.15, 0.2) is 0 Å². The van der Waals surface area contributed by atoms with Crippen molar-refractivity contribution in [2.24, 2.45) is 0 Å². The molecule has 0 aliphatic carbocycles. The van der Waals surface area contributed by atoms with Crippen LogP contribution in [0.3, 0.4) is 0 Å². The quantitative estimate of drug-likeness (QED) is 0.398. The number of benzene rings is 3. The molecule has 2 aliphatic heterocycles. The van der Waals surface area contributed by atoms with E-state index < -0.39 is 11.5 Å². The number of carboxylic acids is 1. The fourth-order valence-electron chi connectivity index (χ4n) is 5.81. The molecule has 0 unspecified atom stereocenters. The van der Waals surface area contributed by atoms with Crippen molar-refractivity contribution in [2.45, 2.75) is 44.2 Å². The van der Waals surface area contributed by atoms with E-state index in [1.54, 1.807) is 18.2 Å². The van der Waals surface area contributed by atoms with Crippen molar-refractivity contribution in [1.29, 1.82) is 0 Å². The third kappa shape index (κ3) is 5.58. The second kappa shape index (κ2) is 11.4. The Bertz CT molecular complexity index is 1260. The van der Waals surface area contributed by atoms with Gasteiger partial charge < -0.3 is 19.8 Å². The number of carbonyl (C=O) groups is 2. The standard InChI is InChI=1S/C31H34FN3O3/c32-27-14-12-24(13-15-27)7-4-5-18-33-19-16-31(17-20-33)30(38)34(23-35(31)28-10-2-1-3-11-28)22-25-8-6-9-26(21-25)29(36)37/h1-3,6,8-15,21H,4-5,7,16-20,22-23H2,(H,36,37). The highest BCUT2D eigenvalue weighted by Gasteiger charge is 2.53. The summed E-state index contributed by atoms with van der Waals surface area (Å²) in [6, 6.07) is 23.7. The summed E-state index contributed by atoms with van der Waals surface area (Å²) >= 11 is 0. The number of aryl methyl sites for hydroxylation is 1. The predicted octanol–water partition coefficient (Wildman–Crippen LogP) is 5.19. The van der Waals surface area contributed by atoms with Gasteiger partial charge in [-0.3, -0.25) is 4.79 Å². The Morgan fingerprint density at radius 1 is 0.895 bits per heavy atom. The van der Waals surface area contributed by atoms with Crippen LogP contribution in [0.25, 0.3) is 0 Å². The number of carbonyl (C=O) groups excluding carboxylic acids is 1. The minimum absolute atomic E-state index is 0.123. The van der Waals surface area contributed by atoms with Crippen LogP contribution in [0.4, 0.5) is 10.1 Å².